The van der Waals surface area contributed by atoms with Gasteiger partial charge < -0.3 is 38.6 Å². The van der Waals surface area contributed by atoms with E-state index in [0.717, 1.165) is 6.04 Å². The maximum Gasteiger partial charge on any atom is 0.302 e. The second kappa shape index (κ2) is 14.6. The summed E-state index contributed by atoms with van der Waals surface area (Å²) in [6.07, 6.45) is -1.33. The van der Waals surface area contributed by atoms with Gasteiger partial charge in [0.1, 0.15) is 20.2 Å². The Morgan fingerprint density at radius 1 is 0.933 bits per heavy atom. The Morgan fingerprint density at radius 2 is 1.53 bits per heavy atom. The van der Waals surface area contributed by atoms with Crippen LogP contribution in [-0.2, 0) is 42.8 Å². The number of Topliss-reactive ketones (excluding diaryl/α,β-unsaturated/α-hetero) is 1. The van der Waals surface area contributed by atoms with Crippen molar-refractivity contribution >= 4 is 25.8 Å². The number of ketones is 1. The maximum absolute atomic E-state index is 14.9. The number of carbonyl (C=O) groups is 3. The fourth-order valence-electron chi connectivity index (χ4n) is 8.15. The Kier molecular flexibility index (Phi) is 12.3. The van der Waals surface area contributed by atoms with Crippen LogP contribution in [0.15, 0.2) is 11.1 Å². The number of hydrogen-bond donors (Lipinski definition) is 2. The molecule has 0 aromatic rings. The van der Waals surface area contributed by atoms with Gasteiger partial charge in [0, 0.05) is 64.9 Å². The van der Waals surface area contributed by atoms with Gasteiger partial charge in [-0.25, -0.2) is 0 Å². The average molecular weight is 657 g/mol. The summed E-state index contributed by atoms with van der Waals surface area (Å²) < 4.78 is 34.3. The number of hydrogen-bond acceptors (Lipinski definition) is 11. The van der Waals surface area contributed by atoms with E-state index in [2.05, 4.69) is 19.6 Å². The molecule has 0 aliphatic heterocycles. The lowest BCUT2D eigenvalue weighted by Gasteiger charge is -2.61. The number of methoxy groups -OCH3 is 1. The molecule has 0 aromatic heterocycles. The van der Waals surface area contributed by atoms with Crippen LogP contribution < -0.4 is 0 Å². The number of aliphatic hydroxyl groups is 2. The molecule has 2 N–H and O–H groups in total. The minimum atomic E-state index is -1.62. The van der Waals surface area contributed by atoms with Gasteiger partial charge >= 0.3 is 11.9 Å². The normalized spacial score (nSPS) is 38.4. The largest absolute Gasteiger partial charge is 0.466 e. The van der Waals surface area contributed by atoms with Crippen LogP contribution in [0.3, 0.4) is 0 Å². The van der Waals surface area contributed by atoms with Crippen molar-refractivity contribution in [1.29, 1.82) is 0 Å². The van der Waals surface area contributed by atoms with Crippen LogP contribution in [0.4, 0.5) is 0 Å². The van der Waals surface area contributed by atoms with Gasteiger partial charge in [0.15, 0.2) is 5.78 Å². The van der Waals surface area contributed by atoms with Crippen LogP contribution in [0.25, 0.3) is 0 Å². The van der Waals surface area contributed by atoms with Gasteiger partial charge in [-0.2, -0.15) is 0 Å². The first kappa shape index (κ1) is 37.8. The van der Waals surface area contributed by atoms with Gasteiger partial charge in [-0.05, 0) is 18.9 Å². The molecule has 45 heavy (non-hydrogen) atoms. The third-order valence-corrected chi connectivity index (χ3v) is 12.3. The molecule has 0 amide bonds. The molecule has 0 saturated heterocycles. The average Bonchev–Trinajstić information content (AvgIpc) is 2.92. The van der Waals surface area contributed by atoms with Crippen molar-refractivity contribution in [3.63, 3.8) is 0 Å². The van der Waals surface area contributed by atoms with Crippen molar-refractivity contribution in [2.75, 3.05) is 40.5 Å². The van der Waals surface area contributed by atoms with Crippen molar-refractivity contribution in [2.45, 2.75) is 97.6 Å². The van der Waals surface area contributed by atoms with E-state index < -0.39 is 78.9 Å². The first-order valence-corrected chi connectivity index (χ1v) is 19.8. The molecule has 1 saturated carbocycles. The van der Waals surface area contributed by atoms with Gasteiger partial charge in [0.05, 0.1) is 41.9 Å². The molecule has 1 fully saturated rings. The first-order chi connectivity index (χ1) is 20.8. The molecule has 3 aliphatic rings. The predicted molar refractivity (Wildman–Crippen MR) is 169 cm³/mol. The Balaban J connectivity index is 2.12. The third kappa shape index (κ3) is 7.57. The monoisotopic (exact) mass is 656 g/mol. The second-order valence-electron chi connectivity index (χ2n) is 14.8. The molecule has 0 spiro atoms. The molecule has 0 radical (unpaired) electrons. The Bertz CT molecular complexity index is 1110. The lowest BCUT2D eigenvalue weighted by molar-refractivity contribution is -0.239. The van der Waals surface area contributed by atoms with Crippen molar-refractivity contribution in [2.24, 2.45) is 41.4 Å². The summed E-state index contributed by atoms with van der Waals surface area (Å²) in [5, 5.41) is 24.8. The van der Waals surface area contributed by atoms with Crippen LogP contribution in [0.2, 0.25) is 25.7 Å². The highest BCUT2D eigenvalue weighted by Crippen LogP contribution is 2.60. The smallest absolute Gasteiger partial charge is 0.302 e. The van der Waals surface area contributed by atoms with Gasteiger partial charge in [0.2, 0.25) is 0 Å². The van der Waals surface area contributed by atoms with Crippen LogP contribution in [-0.4, -0.2) is 99.9 Å². The van der Waals surface area contributed by atoms with Gasteiger partial charge in [-0.3, -0.25) is 14.4 Å². The Labute approximate surface area is 269 Å². The Hall–Kier alpha value is -1.67. The van der Waals surface area contributed by atoms with Crippen LogP contribution in [0.5, 0.6) is 0 Å². The second-order valence-corrected chi connectivity index (χ2v) is 20.4. The summed E-state index contributed by atoms with van der Waals surface area (Å²) in [7, 11) is 0.179. The van der Waals surface area contributed by atoms with E-state index >= 15 is 0 Å². The zero-order valence-electron chi connectivity index (χ0n) is 29.0. The molecule has 0 aromatic carbocycles. The van der Waals surface area contributed by atoms with Gasteiger partial charge in [-0.1, -0.05) is 52.9 Å². The summed E-state index contributed by atoms with van der Waals surface area (Å²) in [6, 6.07) is 0.984. The molecule has 0 bridgehead atoms. The van der Waals surface area contributed by atoms with Crippen molar-refractivity contribution in [3.8, 4) is 0 Å². The molecular weight excluding hydrogens is 600 g/mol. The number of rotatable bonds is 13. The van der Waals surface area contributed by atoms with E-state index in [1.165, 1.54) is 21.0 Å². The van der Waals surface area contributed by atoms with E-state index in [0.29, 0.717) is 17.8 Å². The summed E-state index contributed by atoms with van der Waals surface area (Å²) in [5.74, 6) is -5.77. The van der Waals surface area contributed by atoms with E-state index in [9.17, 15) is 24.6 Å². The number of carbonyl (C=O) groups excluding carboxylic acids is 3. The van der Waals surface area contributed by atoms with Gasteiger partial charge in [0.25, 0.3) is 0 Å². The number of ether oxygens (including phenoxy) is 6. The lowest BCUT2D eigenvalue weighted by atomic mass is 9.46. The molecule has 11 atom stereocenters. The van der Waals surface area contributed by atoms with Crippen molar-refractivity contribution < 1.29 is 53.0 Å². The summed E-state index contributed by atoms with van der Waals surface area (Å²) in [5.41, 5.74) is -2.21. The summed E-state index contributed by atoms with van der Waals surface area (Å²) >= 11 is 0. The van der Waals surface area contributed by atoms with Crippen molar-refractivity contribution in [3.05, 3.63) is 11.1 Å². The van der Waals surface area contributed by atoms with E-state index in [-0.39, 0.29) is 38.5 Å². The van der Waals surface area contributed by atoms with Crippen LogP contribution >= 0.6 is 0 Å². The van der Waals surface area contributed by atoms with Crippen LogP contribution in [0, 0.1) is 41.4 Å². The quantitative estimate of drug-likeness (QED) is 0.130. The molecule has 3 rings (SSSR count). The molecule has 12 heteroatoms. The molecule has 0 heterocycles. The van der Waals surface area contributed by atoms with Gasteiger partial charge in [-0.15, -0.1) is 0 Å². The molecule has 3 aliphatic carbocycles. The van der Waals surface area contributed by atoms with Crippen LogP contribution in [0.1, 0.15) is 48.5 Å². The van der Waals surface area contributed by atoms with E-state index in [4.69, 9.17) is 28.4 Å². The van der Waals surface area contributed by atoms with E-state index in [1.807, 2.05) is 27.7 Å². The minimum absolute atomic E-state index is 0.0395. The Morgan fingerprint density at radius 3 is 2.09 bits per heavy atom. The van der Waals surface area contributed by atoms with Crippen molar-refractivity contribution in [1.82, 2.24) is 0 Å². The highest BCUT2D eigenvalue weighted by Gasteiger charge is 2.67. The standard InChI is InChI=1S/C33H56O11Si/c1-18-24(14-41-22(5)34)28-29(36)27-25(15-42-23(6)35)32(7,37)31(44-16-39-8)19(2)26(27)20(3)33(28,38)21(4)30(18)43-17-40-12-13-45(9,10)11/h18-21,24-25,28,30-31,37-38H,12-17H2,1-11H3/t18-,19-,20-,21-,24+,25+,28+,30-,31-,32-,33+/m1/s1. The zero-order valence-corrected chi connectivity index (χ0v) is 30.0. The number of esters is 2. The minimum Gasteiger partial charge on any atom is -0.466 e. The SMILES string of the molecule is COCO[C@@H]1[C@H](C)C2=C(C(=O)[C@@H]3[C@@H](COC(C)=O)[C@@H](C)[C@@H](OCOCC[Si](C)(C)C)[C@@H](C)[C@@]3(O)[C@@H]2C)[C@H](COC(C)=O)[C@@]1(C)O. The molecule has 258 valence electrons. The zero-order chi connectivity index (χ0) is 34.1. The first-order valence-electron chi connectivity index (χ1n) is 16.1. The highest BCUT2D eigenvalue weighted by molar-refractivity contribution is 6.76. The fraction of sp³-hybridized carbons (Fsp3) is 0.848. The van der Waals surface area contributed by atoms with E-state index in [1.54, 1.807) is 6.92 Å². The lowest BCUT2D eigenvalue weighted by Crippen LogP contribution is -2.70. The topological polar surface area (TPSA) is 147 Å². The summed E-state index contributed by atoms with van der Waals surface area (Å²) in [6.45, 7) is 18.8. The summed E-state index contributed by atoms with van der Waals surface area (Å²) in [4.78, 5) is 38.8. The fourth-order valence-corrected chi connectivity index (χ4v) is 8.91. The molecular formula is C33H56O11Si. The maximum atomic E-state index is 14.9. The molecule has 0 unspecified atom stereocenters. The highest BCUT2D eigenvalue weighted by atomic mass is 28.3. The number of fused-ring (bicyclic) bond motifs is 1. The third-order valence-electron chi connectivity index (χ3n) is 10.6. The predicted octanol–water partition coefficient (Wildman–Crippen LogP) is 3.58. The molecule has 11 nitrogen and oxygen atoms in total.